The van der Waals surface area contributed by atoms with Crippen molar-refractivity contribution in [3.63, 3.8) is 0 Å². The maximum Gasteiger partial charge on any atom is 0.307 e. The van der Waals surface area contributed by atoms with E-state index in [1.54, 1.807) is 12.1 Å². The monoisotopic (exact) mass is 220 g/mol. The fraction of sp³-hybridized carbons (Fsp3) is 0.250. The van der Waals surface area contributed by atoms with Crippen molar-refractivity contribution in [1.29, 1.82) is 0 Å². The standard InChI is InChI=1S/C12H9ClO2/c13-10-5-2-8(3-6-10)1-4-9-7-11(9)12(14)15/h2-3,5-6,9,11H,7H2,(H,14,15)/t9-,11-/m0/s1. The minimum absolute atomic E-state index is 0.0261. The van der Waals surface area contributed by atoms with Crippen LogP contribution in [0, 0.1) is 23.7 Å². The molecule has 1 aliphatic rings. The Morgan fingerprint density at radius 2 is 2.07 bits per heavy atom. The molecule has 0 spiro atoms. The molecule has 2 atom stereocenters. The van der Waals surface area contributed by atoms with Crippen molar-refractivity contribution >= 4 is 17.6 Å². The Hall–Kier alpha value is -1.46. The van der Waals surface area contributed by atoms with Crippen LogP contribution < -0.4 is 0 Å². The molecule has 0 aliphatic heterocycles. The number of carboxylic acid groups (broad SMARTS) is 1. The van der Waals surface area contributed by atoms with Crippen LogP contribution in [0.3, 0.4) is 0 Å². The van der Waals surface area contributed by atoms with Gasteiger partial charge < -0.3 is 5.11 Å². The highest BCUT2D eigenvalue weighted by Crippen LogP contribution is 2.37. The third kappa shape index (κ3) is 2.51. The molecule has 15 heavy (non-hydrogen) atoms. The lowest BCUT2D eigenvalue weighted by atomic mass is 10.2. The van der Waals surface area contributed by atoms with Gasteiger partial charge in [-0.25, -0.2) is 0 Å². The zero-order valence-electron chi connectivity index (χ0n) is 7.90. The van der Waals surface area contributed by atoms with Crippen LogP contribution in [0.1, 0.15) is 12.0 Å². The largest absolute Gasteiger partial charge is 0.481 e. The van der Waals surface area contributed by atoms with Crippen molar-refractivity contribution in [3.05, 3.63) is 34.9 Å². The molecule has 2 nitrogen and oxygen atoms in total. The molecule has 1 aliphatic carbocycles. The molecule has 0 bridgehead atoms. The minimum atomic E-state index is -0.745. The number of benzene rings is 1. The van der Waals surface area contributed by atoms with E-state index >= 15 is 0 Å². The quantitative estimate of drug-likeness (QED) is 0.738. The first kappa shape index (κ1) is 10.1. The second-order valence-corrected chi connectivity index (χ2v) is 4.00. The van der Waals surface area contributed by atoms with E-state index in [2.05, 4.69) is 11.8 Å². The van der Waals surface area contributed by atoms with Crippen molar-refractivity contribution in [2.24, 2.45) is 11.8 Å². The van der Waals surface area contributed by atoms with Gasteiger partial charge in [0.1, 0.15) is 0 Å². The van der Waals surface area contributed by atoms with Crippen LogP contribution in [-0.2, 0) is 4.79 Å². The Labute approximate surface area is 92.9 Å². The first-order chi connectivity index (χ1) is 7.16. The van der Waals surface area contributed by atoms with E-state index in [1.165, 1.54) is 0 Å². The molecule has 0 unspecified atom stereocenters. The number of hydrogen-bond donors (Lipinski definition) is 1. The zero-order chi connectivity index (χ0) is 10.8. The van der Waals surface area contributed by atoms with E-state index in [9.17, 15) is 4.79 Å². The van der Waals surface area contributed by atoms with Gasteiger partial charge >= 0.3 is 5.97 Å². The summed E-state index contributed by atoms with van der Waals surface area (Å²) in [6.07, 6.45) is 0.677. The van der Waals surface area contributed by atoms with Gasteiger partial charge in [0.25, 0.3) is 0 Å². The van der Waals surface area contributed by atoms with Crippen molar-refractivity contribution in [2.75, 3.05) is 0 Å². The Kier molecular flexibility index (Phi) is 2.66. The number of aliphatic carboxylic acids is 1. The highest BCUT2D eigenvalue weighted by molar-refractivity contribution is 6.30. The van der Waals surface area contributed by atoms with Gasteiger partial charge in [-0.3, -0.25) is 4.79 Å². The van der Waals surface area contributed by atoms with Crippen molar-refractivity contribution < 1.29 is 9.90 Å². The summed E-state index contributed by atoms with van der Waals surface area (Å²) in [5.41, 5.74) is 0.871. The van der Waals surface area contributed by atoms with Crippen molar-refractivity contribution in [1.82, 2.24) is 0 Å². The topological polar surface area (TPSA) is 37.3 Å². The van der Waals surface area contributed by atoms with Crippen LogP contribution in [0.4, 0.5) is 0 Å². The SMILES string of the molecule is O=C(O)[C@H]1C[C@@H]1C#Cc1ccc(Cl)cc1. The first-order valence-corrected chi connectivity index (χ1v) is 5.04. The molecule has 0 heterocycles. The average molecular weight is 221 g/mol. The third-order valence-corrected chi connectivity index (χ3v) is 2.61. The number of carbonyl (C=O) groups is 1. The molecule has 1 fully saturated rings. The fourth-order valence-corrected chi connectivity index (χ4v) is 1.46. The number of rotatable bonds is 1. The average Bonchev–Trinajstić information content (AvgIpc) is 2.96. The zero-order valence-corrected chi connectivity index (χ0v) is 8.66. The van der Waals surface area contributed by atoms with Gasteiger partial charge in [-0.05, 0) is 30.7 Å². The Morgan fingerprint density at radius 1 is 1.40 bits per heavy atom. The smallest absolute Gasteiger partial charge is 0.307 e. The van der Waals surface area contributed by atoms with E-state index in [-0.39, 0.29) is 11.8 Å². The normalized spacial score (nSPS) is 22.7. The lowest BCUT2D eigenvalue weighted by molar-refractivity contribution is -0.138. The molecule has 1 aromatic rings. The summed E-state index contributed by atoms with van der Waals surface area (Å²) in [6, 6.07) is 7.20. The highest BCUT2D eigenvalue weighted by Gasteiger charge is 2.42. The van der Waals surface area contributed by atoms with Gasteiger partial charge in [-0.15, -0.1) is 0 Å². The van der Waals surface area contributed by atoms with Gasteiger partial charge in [0.2, 0.25) is 0 Å². The predicted molar refractivity (Wildman–Crippen MR) is 57.6 cm³/mol. The fourth-order valence-electron chi connectivity index (χ4n) is 1.34. The molecule has 0 radical (unpaired) electrons. The summed E-state index contributed by atoms with van der Waals surface area (Å²) in [5.74, 6) is 4.92. The highest BCUT2D eigenvalue weighted by atomic mass is 35.5. The van der Waals surface area contributed by atoms with Crippen LogP contribution in [-0.4, -0.2) is 11.1 Å². The lowest BCUT2D eigenvalue weighted by Crippen LogP contribution is -1.98. The number of carboxylic acids is 1. The molecule has 3 heteroatoms. The van der Waals surface area contributed by atoms with Crippen molar-refractivity contribution in [3.8, 4) is 11.8 Å². The summed E-state index contributed by atoms with van der Waals surface area (Å²) >= 11 is 5.73. The van der Waals surface area contributed by atoms with E-state index in [1.807, 2.05) is 12.1 Å². The number of halogens is 1. The van der Waals surface area contributed by atoms with Crippen LogP contribution in [0.15, 0.2) is 24.3 Å². The predicted octanol–water partition coefficient (Wildman–Crippen LogP) is 2.41. The van der Waals surface area contributed by atoms with E-state index < -0.39 is 5.97 Å². The molecule has 2 rings (SSSR count). The van der Waals surface area contributed by atoms with Gasteiger partial charge in [0.05, 0.1) is 5.92 Å². The third-order valence-electron chi connectivity index (χ3n) is 2.35. The van der Waals surface area contributed by atoms with Crippen LogP contribution in [0.5, 0.6) is 0 Å². The van der Waals surface area contributed by atoms with Gasteiger partial charge in [0.15, 0.2) is 0 Å². The Morgan fingerprint density at radius 3 is 2.60 bits per heavy atom. The summed E-state index contributed by atoms with van der Waals surface area (Å²) in [6.45, 7) is 0. The second-order valence-electron chi connectivity index (χ2n) is 3.56. The maximum atomic E-state index is 10.5. The summed E-state index contributed by atoms with van der Waals surface area (Å²) in [7, 11) is 0. The van der Waals surface area contributed by atoms with E-state index in [4.69, 9.17) is 16.7 Å². The van der Waals surface area contributed by atoms with Crippen LogP contribution in [0.2, 0.25) is 5.02 Å². The molecular formula is C12H9ClO2. The van der Waals surface area contributed by atoms with Crippen molar-refractivity contribution in [2.45, 2.75) is 6.42 Å². The van der Waals surface area contributed by atoms with Crippen LogP contribution >= 0.6 is 11.6 Å². The molecule has 76 valence electrons. The summed E-state index contributed by atoms with van der Waals surface area (Å²) in [4.78, 5) is 10.5. The Balaban J connectivity index is 2.01. The lowest BCUT2D eigenvalue weighted by Gasteiger charge is -1.89. The first-order valence-electron chi connectivity index (χ1n) is 4.67. The van der Waals surface area contributed by atoms with E-state index in [0.717, 1.165) is 5.56 Å². The molecular weight excluding hydrogens is 212 g/mol. The molecule has 0 aromatic heterocycles. The van der Waals surface area contributed by atoms with Gasteiger partial charge in [0, 0.05) is 16.5 Å². The molecule has 1 saturated carbocycles. The van der Waals surface area contributed by atoms with Gasteiger partial charge in [-0.2, -0.15) is 0 Å². The summed E-state index contributed by atoms with van der Waals surface area (Å²) in [5, 5.41) is 9.35. The van der Waals surface area contributed by atoms with Crippen LogP contribution in [0.25, 0.3) is 0 Å². The molecule has 0 saturated heterocycles. The van der Waals surface area contributed by atoms with Gasteiger partial charge in [-0.1, -0.05) is 23.4 Å². The molecule has 1 N–H and O–H groups in total. The minimum Gasteiger partial charge on any atom is -0.481 e. The number of hydrogen-bond acceptors (Lipinski definition) is 1. The molecule has 0 amide bonds. The summed E-state index contributed by atoms with van der Waals surface area (Å²) < 4.78 is 0. The maximum absolute atomic E-state index is 10.5. The molecule has 1 aromatic carbocycles. The van der Waals surface area contributed by atoms with E-state index in [0.29, 0.717) is 11.4 Å². The Bertz CT molecular complexity index is 439. The second kappa shape index (κ2) is 3.96.